The lowest BCUT2D eigenvalue weighted by Gasteiger charge is -2.38. The van der Waals surface area contributed by atoms with Crippen LogP contribution in [-0.4, -0.2) is 43.2 Å². The number of amides is 1. The Hall–Kier alpha value is -3.74. The van der Waals surface area contributed by atoms with E-state index in [0.29, 0.717) is 23.4 Å². The summed E-state index contributed by atoms with van der Waals surface area (Å²) in [5.41, 5.74) is -2.08. The number of alkyl halides is 6. The number of nitrogens with zero attached hydrogens (tertiary/aromatic N) is 2. The Labute approximate surface area is 227 Å². The molecule has 0 aromatic heterocycles. The van der Waals surface area contributed by atoms with Crippen molar-refractivity contribution in [2.75, 3.05) is 41.3 Å². The zero-order valence-corrected chi connectivity index (χ0v) is 21.5. The summed E-state index contributed by atoms with van der Waals surface area (Å²) in [7, 11) is 0. The van der Waals surface area contributed by atoms with Crippen molar-refractivity contribution < 1.29 is 41.0 Å². The molecule has 1 saturated heterocycles. The molecule has 3 aromatic rings. The third kappa shape index (κ3) is 6.64. The van der Waals surface area contributed by atoms with Crippen molar-refractivity contribution in [2.45, 2.75) is 12.4 Å². The molecular weight excluding hydrogens is 596 g/mol. The standard InChI is InChI=1S/C26H20BrF6N3O3/c27-19-4-1-15(2-5-19)23(37)34-21-11-16(24(38)39)3-6-22(21)36-9-7-35(8-10-36)20-13-17(25(28,29)30)12-18(14-20)26(31,32)33/h1-6,11-14H,7-10H2,(H,34,37)(H,38,39). The van der Waals surface area contributed by atoms with Crippen molar-refractivity contribution in [3.63, 3.8) is 0 Å². The number of carbonyl (C=O) groups excluding carboxylic acids is 1. The Morgan fingerprint density at radius 2 is 1.26 bits per heavy atom. The summed E-state index contributed by atoms with van der Waals surface area (Å²) in [6.07, 6.45) is -9.91. The quantitative estimate of drug-likeness (QED) is 0.310. The molecule has 1 fully saturated rings. The second-order valence-corrected chi connectivity index (χ2v) is 9.65. The van der Waals surface area contributed by atoms with Gasteiger partial charge in [-0.15, -0.1) is 0 Å². The number of carbonyl (C=O) groups is 2. The predicted molar refractivity (Wildman–Crippen MR) is 136 cm³/mol. The number of halogens is 7. The topological polar surface area (TPSA) is 72.9 Å². The van der Waals surface area contributed by atoms with E-state index in [1.807, 2.05) is 0 Å². The van der Waals surface area contributed by atoms with Crippen molar-refractivity contribution in [1.82, 2.24) is 0 Å². The van der Waals surface area contributed by atoms with Gasteiger partial charge >= 0.3 is 18.3 Å². The fraction of sp³-hybridized carbons (Fsp3) is 0.231. The van der Waals surface area contributed by atoms with Gasteiger partial charge in [0.05, 0.1) is 28.1 Å². The van der Waals surface area contributed by atoms with Crippen LogP contribution in [0.2, 0.25) is 0 Å². The van der Waals surface area contributed by atoms with Gasteiger partial charge in [0.25, 0.3) is 5.91 Å². The van der Waals surface area contributed by atoms with Crippen LogP contribution >= 0.6 is 15.9 Å². The predicted octanol–water partition coefficient (Wildman–Crippen LogP) is 6.76. The van der Waals surface area contributed by atoms with E-state index in [9.17, 15) is 41.0 Å². The van der Waals surface area contributed by atoms with E-state index in [4.69, 9.17) is 0 Å². The highest BCUT2D eigenvalue weighted by Gasteiger charge is 2.37. The van der Waals surface area contributed by atoms with Crippen LogP contribution in [0.15, 0.2) is 65.1 Å². The summed E-state index contributed by atoms with van der Waals surface area (Å²) in [4.78, 5) is 27.6. The minimum atomic E-state index is -4.95. The van der Waals surface area contributed by atoms with Crippen molar-refractivity contribution in [3.05, 3.63) is 87.4 Å². The summed E-state index contributed by atoms with van der Waals surface area (Å²) in [5.74, 6) is -1.70. The zero-order valence-electron chi connectivity index (χ0n) is 19.9. The van der Waals surface area contributed by atoms with E-state index in [2.05, 4.69) is 21.2 Å². The molecule has 0 saturated carbocycles. The van der Waals surface area contributed by atoms with Crippen molar-refractivity contribution >= 4 is 44.9 Å². The van der Waals surface area contributed by atoms with Crippen molar-refractivity contribution in [1.29, 1.82) is 0 Å². The summed E-state index contributed by atoms with van der Waals surface area (Å²) in [6, 6.07) is 12.1. The van der Waals surface area contributed by atoms with Crippen LogP contribution in [0, 0.1) is 0 Å². The van der Waals surface area contributed by atoms with E-state index in [0.717, 1.165) is 4.47 Å². The Morgan fingerprint density at radius 3 is 1.77 bits per heavy atom. The third-order valence-electron chi connectivity index (χ3n) is 6.16. The Balaban J connectivity index is 1.58. The molecule has 0 atom stereocenters. The molecule has 1 amide bonds. The number of aromatic carboxylic acids is 1. The molecule has 0 bridgehead atoms. The van der Waals surface area contributed by atoms with Gasteiger partial charge in [0.2, 0.25) is 0 Å². The highest BCUT2D eigenvalue weighted by Crippen LogP contribution is 2.39. The molecule has 2 N–H and O–H groups in total. The van der Waals surface area contributed by atoms with Gasteiger partial charge in [-0.3, -0.25) is 4.79 Å². The first-order valence-electron chi connectivity index (χ1n) is 11.5. The Morgan fingerprint density at radius 1 is 0.744 bits per heavy atom. The van der Waals surface area contributed by atoms with E-state index < -0.39 is 35.4 Å². The van der Waals surface area contributed by atoms with Crippen LogP contribution in [0.25, 0.3) is 0 Å². The zero-order chi connectivity index (χ0) is 28.5. The van der Waals surface area contributed by atoms with Crippen LogP contribution in [0.1, 0.15) is 31.8 Å². The van der Waals surface area contributed by atoms with Gasteiger partial charge in [-0.05, 0) is 60.7 Å². The summed E-state index contributed by atoms with van der Waals surface area (Å²) in [6.45, 7) is 0.537. The van der Waals surface area contributed by atoms with E-state index in [1.165, 1.54) is 23.1 Å². The minimum Gasteiger partial charge on any atom is -0.478 e. The van der Waals surface area contributed by atoms with E-state index in [1.54, 1.807) is 29.2 Å². The van der Waals surface area contributed by atoms with Crippen LogP contribution in [0.3, 0.4) is 0 Å². The maximum Gasteiger partial charge on any atom is 0.416 e. The van der Waals surface area contributed by atoms with Crippen LogP contribution < -0.4 is 15.1 Å². The maximum absolute atomic E-state index is 13.3. The maximum atomic E-state index is 13.3. The van der Waals surface area contributed by atoms with Crippen LogP contribution in [-0.2, 0) is 12.4 Å². The lowest BCUT2D eigenvalue weighted by Crippen LogP contribution is -2.47. The Kier molecular flexibility index (Phi) is 7.82. The first kappa shape index (κ1) is 28.3. The third-order valence-corrected chi connectivity index (χ3v) is 6.68. The molecule has 39 heavy (non-hydrogen) atoms. The van der Waals surface area contributed by atoms with Gasteiger partial charge in [-0.25, -0.2) is 4.79 Å². The summed E-state index contributed by atoms with van der Waals surface area (Å²) >= 11 is 3.28. The molecule has 0 unspecified atom stereocenters. The molecule has 13 heteroatoms. The number of hydrogen-bond donors (Lipinski definition) is 2. The highest BCUT2D eigenvalue weighted by molar-refractivity contribution is 9.10. The first-order valence-corrected chi connectivity index (χ1v) is 12.3. The number of carboxylic acids is 1. The molecule has 3 aromatic carbocycles. The second kappa shape index (κ2) is 10.8. The molecule has 1 heterocycles. The summed E-state index contributed by atoms with van der Waals surface area (Å²) in [5, 5.41) is 12.1. The normalized spacial score (nSPS) is 14.3. The highest BCUT2D eigenvalue weighted by atomic mass is 79.9. The van der Waals surface area contributed by atoms with Gasteiger partial charge in [0.1, 0.15) is 0 Å². The Bertz CT molecular complexity index is 1350. The molecule has 0 radical (unpaired) electrons. The smallest absolute Gasteiger partial charge is 0.416 e. The van der Waals surface area contributed by atoms with Gasteiger partial charge in [0.15, 0.2) is 0 Å². The minimum absolute atomic E-state index is 0.0767. The lowest BCUT2D eigenvalue weighted by molar-refractivity contribution is -0.143. The molecule has 6 nitrogen and oxygen atoms in total. The fourth-order valence-corrected chi connectivity index (χ4v) is 4.43. The molecule has 206 valence electrons. The number of rotatable bonds is 5. The van der Waals surface area contributed by atoms with Gasteiger partial charge in [0, 0.05) is 41.9 Å². The average molecular weight is 616 g/mol. The van der Waals surface area contributed by atoms with Gasteiger partial charge < -0.3 is 20.2 Å². The largest absolute Gasteiger partial charge is 0.478 e. The monoisotopic (exact) mass is 615 g/mol. The number of nitrogens with one attached hydrogen (secondary N) is 1. The molecule has 4 rings (SSSR count). The molecule has 0 spiro atoms. The van der Waals surface area contributed by atoms with Crippen molar-refractivity contribution in [2.24, 2.45) is 0 Å². The van der Waals surface area contributed by atoms with E-state index in [-0.39, 0.29) is 49.2 Å². The average Bonchev–Trinajstić information content (AvgIpc) is 2.88. The first-order chi connectivity index (χ1) is 18.2. The summed E-state index contributed by atoms with van der Waals surface area (Å²) < 4.78 is 80.5. The fourth-order valence-electron chi connectivity index (χ4n) is 4.17. The van der Waals surface area contributed by atoms with Gasteiger partial charge in [-0.2, -0.15) is 26.3 Å². The number of piperazine rings is 1. The SMILES string of the molecule is O=C(O)c1ccc(N2CCN(c3cc(C(F)(F)F)cc(C(F)(F)F)c3)CC2)c(NC(=O)c2ccc(Br)cc2)c1. The van der Waals surface area contributed by atoms with E-state index >= 15 is 0 Å². The molecular formula is C26H20BrF6N3O3. The lowest BCUT2D eigenvalue weighted by atomic mass is 10.1. The number of anilines is 3. The van der Waals surface area contributed by atoms with Crippen LogP contribution in [0.5, 0.6) is 0 Å². The molecule has 1 aliphatic heterocycles. The van der Waals surface area contributed by atoms with Gasteiger partial charge in [-0.1, -0.05) is 15.9 Å². The molecule has 0 aliphatic carbocycles. The van der Waals surface area contributed by atoms with Crippen LogP contribution in [0.4, 0.5) is 43.4 Å². The second-order valence-electron chi connectivity index (χ2n) is 8.74. The number of hydrogen-bond acceptors (Lipinski definition) is 4. The number of benzene rings is 3. The molecule has 1 aliphatic rings. The van der Waals surface area contributed by atoms with Crippen molar-refractivity contribution in [3.8, 4) is 0 Å². The number of carboxylic acid groups (broad SMARTS) is 1.